The van der Waals surface area contributed by atoms with E-state index in [1.54, 1.807) is 0 Å². The molecule has 127 heavy (non-hydrogen) atoms. The van der Waals surface area contributed by atoms with Gasteiger partial charge in [0.25, 0.3) is 22.2 Å². The molecular formula is C64H36N16O36S8Si3. The molecule has 0 fully saturated rings. The number of nitrogens with zero attached hydrogens (tertiary/aromatic N) is 12. The second-order valence-corrected chi connectivity index (χ2v) is 34.5. The molecular weight excluding hydrogens is 1910 g/mol. The van der Waals surface area contributed by atoms with Gasteiger partial charge in [-0.15, -0.1) is 20.5 Å². The predicted molar refractivity (Wildman–Crippen MR) is 406 cm³/mol. The Bertz CT molecular complexity index is 6730. The number of hydrogen-bond acceptors (Lipinski definition) is 44. The average molecular weight is 1950 g/mol. The number of azo groups is 4. The minimum Gasteiger partial charge on any atom is -0.744 e. The van der Waals surface area contributed by atoms with Gasteiger partial charge in [-0.1, -0.05) is 0 Å². The number of aromatic carboxylic acids is 4. The van der Waals surface area contributed by atoms with Crippen LogP contribution in [0.4, 0.5) is 45.5 Å². The molecule has 4 N–H and O–H groups in total. The minimum atomic E-state index is -4.72. The number of carbonyl (C=O) groups is 4. The van der Waals surface area contributed by atoms with Crippen LogP contribution in [0.2, 0.25) is 0 Å². The Hall–Kier alpha value is -14.0. The van der Waals surface area contributed by atoms with Crippen LogP contribution in [0.15, 0.2) is 293 Å². The molecule has 0 saturated heterocycles. The fourth-order valence-electron chi connectivity index (χ4n) is 9.58. The van der Waals surface area contributed by atoms with E-state index < -0.39 is 212 Å². The molecule has 4 aromatic heterocycles. The third kappa shape index (κ3) is 25.6. The third-order valence-corrected chi connectivity index (χ3v) is 22.2. The van der Waals surface area contributed by atoms with Crippen molar-refractivity contribution in [2.75, 3.05) is 0 Å². The smallest absolute Gasteiger partial charge is 0.744 e. The number of carboxylic acids is 4. The molecule has 12 aromatic rings. The molecule has 0 radical (unpaired) electrons. The number of aromatic amines is 4. The Morgan fingerprint density at radius 3 is 0.441 bits per heavy atom. The molecule has 0 aliphatic carbocycles. The molecule has 0 bridgehead atoms. The summed E-state index contributed by atoms with van der Waals surface area (Å²) in [4.78, 5) is 91.4. The topological polar surface area (TPSA) is 868 Å². The van der Waals surface area contributed by atoms with Gasteiger partial charge in [-0.25, -0.2) is 86.1 Å². The zero-order valence-corrected chi connectivity index (χ0v) is 70.8. The molecule has 63 heteroatoms. The van der Waals surface area contributed by atoms with Gasteiger partial charge in [0, 0.05) is 0 Å². The van der Waals surface area contributed by atoms with E-state index in [-0.39, 0.29) is 78.4 Å². The number of nitrogens with one attached hydrogen (secondary N) is 4. The summed E-state index contributed by atoms with van der Waals surface area (Å²) in [6.07, 6.45) is 0. The maximum Gasteiger partial charge on any atom is 4.00 e. The fourth-order valence-corrected chi connectivity index (χ4v) is 13.3. The van der Waals surface area contributed by atoms with Gasteiger partial charge in [0.1, 0.15) is 104 Å². The van der Waals surface area contributed by atoms with E-state index in [1.165, 1.54) is 0 Å². The summed E-state index contributed by atoms with van der Waals surface area (Å²) in [5.41, 5.74) is -9.58. The molecule has 0 aliphatic heterocycles. The summed E-state index contributed by atoms with van der Waals surface area (Å²) in [7, 11) is -37.6. The van der Waals surface area contributed by atoms with Crippen molar-refractivity contribution < 1.29 is 143 Å². The van der Waals surface area contributed by atoms with Crippen LogP contribution < -0.4 is 42.7 Å². The first-order valence-electron chi connectivity index (χ1n) is 31.9. The van der Waals surface area contributed by atoms with Crippen molar-refractivity contribution in [1.82, 2.24) is 39.1 Å². The van der Waals surface area contributed by atoms with E-state index in [0.29, 0.717) is 18.7 Å². The van der Waals surface area contributed by atoms with Crippen LogP contribution in [0.3, 0.4) is 0 Å². The van der Waals surface area contributed by atoms with Crippen molar-refractivity contribution in [1.29, 1.82) is 0 Å². The Balaban J connectivity index is 0.000000259. The summed E-state index contributed by atoms with van der Waals surface area (Å²) in [5.74, 6) is -7.18. The maximum atomic E-state index is 12.6. The van der Waals surface area contributed by atoms with Gasteiger partial charge in [0.05, 0.1) is 109 Å². The Labute approximate surface area is 722 Å². The molecule has 0 aliphatic rings. The summed E-state index contributed by atoms with van der Waals surface area (Å²) in [6, 6.07) is 32.7. The predicted octanol–water partition coefficient (Wildman–Crippen LogP) is -2.13. The largest absolute Gasteiger partial charge is 4.00 e. The standard InChI is InChI=1S/4C16H12N4O9S2.3Si/c4*21-15-13(18-17-9-1-5-11(6-2-9)30(24,25)26)14(16(22)23)19-20(15)10-3-7-12(8-4-10)31(27,28)29;;;/h4*1-8,19H,(H,22,23)(H,24,25,26)(H,27,28,29);;;/q;;;;3*+4/p-12. The number of rotatable bonds is 24. The Kier molecular flexibility index (Phi) is 32.0. The number of hydrogen-bond donors (Lipinski definition) is 4. The molecule has 648 valence electrons. The van der Waals surface area contributed by atoms with E-state index in [1.807, 2.05) is 0 Å². The van der Waals surface area contributed by atoms with E-state index in [2.05, 4.69) is 61.3 Å². The van der Waals surface area contributed by atoms with Gasteiger partial charge < -0.3 is 76.0 Å². The second-order valence-electron chi connectivity index (χ2n) is 23.4. The fraction of sp³-hybridized carbons (Fsp3) is 0. The van der Waals surface area contributed by atoms with Gasteiger partial charge in [-0.3, -0.25) is 39.6 Å². The first kappa shape index (κ1) is 102. The van der Waals surface area contributed by atoms with Gasteiger partial charge in [-0.05, 0) is 194 Å². The van der Waals surface area contributed by atoms with Gasteiger partial charge in [0.15, 0.2) is 22.7 Å². The summed E-state index contributed by atoms with van der Waals surface area (Å²) in [6.45, 7) is 0. The van der Waals surface area contributed by atoms with Crippen molar-refractivity contribution in [3.8, 4) is 22.7 Å². The normalized spacial score (nSPS) is 12.0. The number of carboxylic acid groups (broad SMARTS) is 4. The van der Waals surface area contributed by atoms with Crippen LogP contribution in [0.5, 0.6) is 0 Å². The number of H-pyrrole nitrogens is 4. The maximum absolute atomic E-state index is 12.6. The summed E-state index contributed by atoms with van der Waals surface area (Å²) >= 11 is 0. The van der Waals surface area contributed by atoms with E-state index in [0.717, 1.165) is 194 Å². The van der Waals surface area contributed by atoms with Crippen LogP contribution in [0.25, 0.3) is 22.7 Å². The number of aromatic nitrogens is 8. The van der Waals surface area contributed by atoms with Crippen molar-refractivity contribution in [2.45, 2.75) is 39.2 Å². The molecule has 4 heterocycles. The van der Waals surface area contributed by atoms with Gasteiger partial charge >= 0.3 is 32.9 Å². The van der Waals surface area contributed by atoms with E-state index in [9.17, 15) is 163 Å². The molecule has 0 saturated carbocycles. The monoisotopic (exact) mass is 1940 g/mol. The molecule has 0 spiro atoms. The van der Waals surface area contributed by atoms with Gasteiger partial charge in [-0.2, -0.15) is 20.5 Å². The van der Waals surface area contributed by atoms with E-state index >= 15 is 0 Å². The quantitative estimate of drug-likeness (QED) is 0.0285. The Morgan fingerprint density at radius 1 is 0.213 bits per heavy atom. The third-order valence-electron chi connectivity index (χ3n) is 15.4. The van der Waals surface area contributed by atoms with Crippen LogP contribution >= 0.6 is 0 Å². The van der Waals surface area contributed by atoms with Crippen LogP contribution in [-0.2, 0) is 80.9 Å². The number of benzene rings is 8. The zero-order chi connectivity index (χ0) is 91.9. The molecule has 0 amide bonds. The van der Waals surface area contributed by atoms with Crippen molar-refractivity contribution in [2.24, 2.45) is 40.9 Å². The summed E-state index contributed by atoms with van der Waals surface area (Å²) in [5, 5.41) is 83.1. The zero-order valence-electron chi connectivity index (χ0n) is 61.3. The number of carbonyl (C=O) groups excluding carboxylic acids is 4. The SMILES string of the molecule is O=C([O-])c1[nH]n(-c2ccc(S(=O)(=O)[O-])cc2)c(=O)c1N=Nc1ccc(S(=O)(=O)[O-])cc1.O=C([O-])c1[nH]n(-c2ccc(S(=O)(=O)[O-])cc2)c(=O)c1N=Nc1ccc(S(=O)(=O)[O-])cc1.O=C([O-])c1[nH]n(-c2ccc(S(=O)(=O)[O-])cc2)c(=O)c1N=Nc1ccc(S(=O)(=O)[O-])cc1.O=C([O-])c1[nH]n(-c2ccc(S(=O)(=O)[O-])cc2)c(=O)c1N=Nc1ccc(S(=O)(=O)[O-])cc1.[Si+4].[Si+4].[Si+4]. The van der Waals surface area contributed by atoms with Crippen molar-refractivity contribution in [3.05, 3.63) is 258 Å². The van der Waals surface area contributed by atoms with Crippen LogP contribution in [-0.4, -0.2) is 200 Å². The van der Waals surface area contributed by atoms with Crippen LogP contribution in [0.1, 0.15) is 42.0 Å². The van der Waals surface area contributed by atoms with Crippen molar-refractivity contribution in [3.63, 3.8) is 0 Å². The first-order chi connectivity index (χ1) is 57.5. The van der Waals surface area contributed by atoms with Crippen LogP contribution in [0, 0.1) is 0 Å². The molecule has 0 unspecified atom stereocenters. The molecule has 0 atom stereocenters. The molecule has 12 rings (SSSR count). The minimum absolute atomic E-state index is 0. The van der Waals surface area contributed by atoms with Gasteiger partial charge in [0.2, 0.25) is 0 Å². The molecule has 8 aromatic carbocycles. The van der Waals surface area contributed by atoms with E-state index in [4.69, 9.17) is 0 Å². The second kappa shape index (κ2) is 39.9. The summed E-state index contributed by atoms with van der Waals surface area (Å²) < 4.78 is 266. The Morgan fingerprint density at radius 2 is 0.331 bits per heavy atom. The van der Waals surface area contributed by atoms with Crippen molar-refractivity contribution >= 4 is 183 Å². The first-order valence-corrected chi connectivity index (χ1v) is 43.2. The average Bonchev–Trinajstić information content (AvgIpc) is 1.66. The molecule has 52 nitrogen and oxygen atoms in total.